The van der Waals surface area contributed by atoms with Crippen molar-refractivity contribution in [2.24, 2.45) is 0 Å². The van der Waals surface area contributed by atoms with Gasteiger partial charge in [-0.2, -0.15) is 0 Å². The van der Waals surface area contributed by atoms with Gasteiger partial charge in [-0.25, -0.2) is 4.79 Å². The van der Waals surface area contributed by atoms with Gasteiger partial charge in [0.1, 0.15) is 0 Å². The van der Waals surface area contributed by atoms with Crippen molar-refractivity contribution in [1.82, 2.24) is 0 Å². The lowest BCUT2D eigenvalue weighted by Crippen LogP contribution is -2.22. The number of ether oxygens (including phenoxy) is 1. The summed E-state index contributed by atoms with van der Waals surface area (Å²) in [6, 6.07) is 7.00. The Kier molecular flexibility index (Phi) is 6.48. The minimum Gasteiger partial charge on any atom is -0.462 e. The summed E-state index contributed by atoms with van der Waals surface area (Å²) >= 11 is 0. The largest absolute Gasteiger partial charge is 0.462 e. The third-order valence-electron chi connectivity index (χ3n) is 2.98. The summed E-state index contributed by atoms with van der Waals surface area (Å²) in [7, 11) is 0. The Morgan fingerprint density at radius 1 is 1.30 bits per heavy atom. The second kappa shape index (κ2) is 7.87. The molecule has 0 amide bonds. The highest BCUT2D eigenvalue weighted by Gasteiger charge is 2.29. The van der Waals surface area contributed by atoms with Crippen LogP contribution in [0, 0.1) is 0 Å². The van der Waals surface area contributed by atoms with Gasteiger partial charge in [0, 0.05) is 18.8 Å². The van der Waals surface area contributed by atoms with Gasteiger partial charge in [0.05, 0.1) is 24.4 Å². The van der Waals surface area contributed by atoms with Gasteiger partial charge in [-0.1, -0.05) is 19.9 Å². The molecule has 20 heavy (non-hydrogen) atoms. The van der Waals surface area contributed by atoms with Crippen molar-refractivity contribution in [2.45, 2.75) is 33.0 Å². The van der Waals surface area contributed by atoms with Crippen LogP contribution in [0.15, 0.2) is 24.3 Å². The SMILES string of the molecule is CC.CCOC(=O)c1cccc(N2CC(O)C(O)C2)c1. The van der Waals surface area contributed by atoms with Crippen molar-refractivity contribution in [1.29, 1.82) is 0 Å². The molecule has 0 radical (unpaired) electrons. The van der Waals surface area contributed by atoms with Crippen LogP contribution in [0.4, 0.5) is 5.69 Å². The van der Waals surface area contributed by atoms with E-state index in [1.165, 1.54) is 0 Å². The quantitative estimate of drug-likeness (QED) is 0.820. The summed E-state index contributed by atoms with van der Waals surface area (Å²) in [6.45, 7) is 6.83. The molecule has 0 aliphatic carbocycles. The highest BCUT2D eigenvalue weighted by Crippen LogP contribution is 2.22. The monoisotopic (exact) mass is 281 g/mol. The maximum absolute atomic E-state index is 11.6. The molecule has 0 bridgehead atoms. The summed E-state index contributed by atoms with van der Waals surface area (Å²) in [5.41, 5.74) is 1.28. The molecule has 1 aliphatic rings. The third kappa shape index (κ3) is 3.95. The van der Waals surface area contributed by atoms with Gasteiger partial charge in [0.15, 0.2) is 0 Å². The first-order valence-electron chi connectivity index (χ1n) is 7.00. The Hall–Kier alpha value is -1.59. The van der Waals surface area contributed by atoms with Crippen LogP contribution in [0.1, 0.15) is 31.1 Å². The Labute approximate surface area is 119 Å². The molecular formula is C15H23NO4. The minimum absolute atomic E-state index is 0.338. The molecule has 1 aromatic carbocycles. The molecule has 1 aliphatic heterocycles. The zero-order valence-corrected chi connectivity index (χ0v) is 12.2. The first-order chi connectivity index (χ1) is 9.61. The van der Waals surface area contributed by atoms with Gasteiger partial charge >= 0.3 is 5.97 Å². The number of rotatable bonds is 3. The Balaban J connectivity index is 0.000000956. The lowest BCUT2D eigenvalue weighted by atomic mass is 10.2. The topological polar surface area (TPSA) is 70.0 Å². The van der Waals surface area contributed by atoms with Crippen molar-refractivity contribution in [3.8, 4) is 0 Å². The van der Waals surface area contributed by atoms with Crippen LogP contribution in [-0.4, -0.2) is 48.1 Å². The van der Waals surface area contributed by atoms with Gasteiger partial charge in [-0.15, -0.1) is 0 Å². The van der Waals surface area contributed by atoms with Crippen molar-refractivity contribution < 1.29 is 19.7 Å². The van der Waals surface area contributed by atoms with E-state index in [4.69, 9.17) is 4.74 Å². The van der Waals surface area contributed by atoms with Gasteiger partial charge < -0.3 is 19.8 Å². The highest BCUT2D eigenvalue weighted by molar-refractivity contribution is 5.90. The number of benzene rings is 1. The minimum atomic E-state index is -0.740. The number of β-amino-alcohol motifs (C(OH)–C–C–N with tert-alkyl or cyclic N) is 2. The first-order valence-corrected chi connectivity index (χ1v) is 7.00. The predicted molar refractivity (Wildman–Crippen MR) is 78.0 cm³/mol. The zero-order chi connectivity index (χ0) is 15.1. The number of hydrogen-bond acceptors (Lipinski definition) is 5. The molecule has 5 heteroatoms. The van der Waals surface area contributed by atoms with E-state index in [1.807, 2.05) is 24.8 Å². The van der Waals surface area contributed by atoms with E-state index in [9.17, 15) is 15.0 Å². The standard InChI is InChI=1S/C13H17NO4.C2H6/c1-2-18-13(17)9-4-3-5-10(6-9)14-7-11(15)12(16)8-14;1-2/h3-6,11-12,15-16H,2,7-8H2,1H3;1-2H3. The van der Waals surface area contributed by atoms with E-state index in [1.54, 1.807) is 25.1 Å². The molecule has 0 spiro atoms. The van der Waals surface area contributed by atoms with Crippen LogP contribution >= 0.6 is 0 Å². The molecule has 112 valence electrons. The number of esters is 1. The molecule has 1 fully saturated rings. The zero-order valence-electron chi connectivity index (χ0n) is 12.2. The van der Waals surface area contributed by atoms with Gasteiger partial charge in [0.25, 0.3) is 0 Å². The van der Waals surface area contributed by atoms with Gasteiger partial charge in [0.2, 0.25) is 0 Å². The van der Waals surface area contributed by atoms with Crippen LogP contribution in [0.5, 0.6) is 0 Å². The maximum Gasteiger partial charge on any atom is 0.338 e. The van der Waals surface area contributed by atoms with Gasteiger partial charge in [-0.3, -0.25) is 0 Å². The molecule has 2 rings (SSSR count). The number of carbonyl (C=O) groups is 1. The lowest BCUT2D eigenvalue weighted by molar-refractivity contribution is 0.0526. The average molecular weight is 281 g/mol. The Morgan fingerprint density at radius 2 is 1.90 bits per heavy atom. The number of anilines is 1. The molecule has 0 saturated carbocycles. The van der Waals surface area contributed by atoms with Crippen LogP contribution in [-0.2, 0) is 4.74 Å². The van der Waals surface area contributed by atoms with Crippen molar-refractivity contribution in [2.75, 3.05) is 24.6 Å². The highest BCUT2D eigenvalue weighted by atomic mass is 16.5. The van der Waals surface area contributed by atoms with Gasteiger partial charge in [-0.05, 0) is 25.1 Å². The molecular weight excluding hydrogens is 258 g/mol. The van der Waals surface area contributed by atoms with E-state index in [2.05, 4.69) is 0 Å². The normalized spacial score (nSPS) is 21.1. The summed E-state index contributed by atoms with van der Waals surface area (Å²) in [4.78, 5) is 13.4. The van der Waals surface area contributed by atoms with Crippen LogP contribution in [0.25, 0.3) is 0 Å². The molecule has 1 aromatic rings. The number of carbonyl (C=O) groups excluding carboxylic acids is 1. The molecule has 5 nitrogen and oxygen atoms in total. The fraction of sp³-hybridized carbons (Fsp3) is 0.533. The number of nitrogens with zero attached hydrogens (tertiary/aromatic N) is 1. The third-order valence-corrected chi connectivity index (χ3v) is 2.98. The number of aliphatic hydroxyl groups is 2. The fourth-order valence-electron chi connectivity index (χ4n) is 2.02. The summed E-state index contributed by atoms with van der Waals surface area (Å²) < 4.78 is 4.93. The van der Waals surface area contributed by atoms with Crippen molar-refractivity contribution >= 4 is 11.7 Å². The molecule has 2 atom stereocenters. The predicted octanol–water partition coefficient (Wildman–Crippen LogP) is 1.43. The Morgan fingerprint density at radius 3 is 2.45 bits per heavy atom. The smallest absolute Gasteiger partial charge is 0.338 e. The van der Waals surface area contributed by atoms with E-state index in [0.29, 0.717) is 25.3 Å². The van der Waals surface area contributed by atoms with Crippen molar-refractivity contribution in [3.63, 3.8) is 0 Å². The molecule has 2 unspecified atom stereocenters. The number of hydrogen-bond donors (Lipinski definition) is 2. The van der Waals surface area contributed by atoms with E-state index >= 15 is 0 Å². The maximum atomic E-state index is 11.6. The fourth-order valence-corrected chi connectivity index (χ4v) is 2.02. The van der Waals surface area contributed by atoms with Crippen LogP contribution < -0.4 is 4.90 Å². The Bertz CT molecular complexity index is 426. The molecule has 0 aromatic heterocycles. The summed E-state index contributed by atoms with van der Waals surface area (Å²) in [5.74, 6) is -0.361. The van der Waals surface area contributed by atoms with Crippen LogP contribution in [0.3, 0.4) is 0 Å². The average Bonchev–Trinajstić information content (AvgIpc) is 2.81. The van der Waals surface area contributed by atoms with E-state index < -0.39 is 12.2 Å². The molecule has 2 N–H and O–H groups in total. The molecule has 1 saturated heterocycles. The summed E-state index contributed by atoms with van der Waals surface area (Å²) in [6.07, 6.45) is -1.48. The van der Waals surface area contributed by atoms with Crippen LogP contribution in [0.2, 0.25) is 0 Å². The lowest BCUT2D eigenvalue weighted by Gasteiger charge is -2.18. The van der Waals surface area contributed by atoms with Crippen molar-refractivity contribution in [3.05, 3.63) is 29.8 Å². The second-order valence-corrected chi connectivity index (χ2v) is 4.31. The number of aliphatic hydroxyl groups excluding tert-OH is 2. The first kappa shape index (κ1) is 16.5. The second-order valence-electron chi connectivity index (χ2n) is 4.31. The van der Waals surface area contributed by atoms with E-state index in [0.717, 1.165) is 5.69 Å². The summed E-state index contributed by atoms with van der Waals surface area (Å²) in [5, 5.41) is 19.0. The molecule has 1 heterocycles. The van der Waals surface area contributed by atoms with E-state index in [-0.39, 0.29) is 5.97 Å².